The number of nitrogens with zero attached hydrogens (tertiary/aromatic N) is 3. The largest absolute Gasteiger partial charge is 0.573 e. The molecular weight excluding hydrogens is 396 g/mol. The number of hydrogen-bond acceptors (Lipinski definition) is 5. The first-order valence-electron chi connectivity index (χ1n) is 8.26. The number of rotatable bonds is 5. The van der Waals surface area contributed by atoms with E-state index in [-0.39, 0.29) is 23.9 Å². The van der Waals surface area contributed by atoms with Gasteiger partial charge in [-0.05, 0) is 49.4 Å². The van der Waals surface area contributed by atoms with Gasteiger partial charge in [-0.1, -0.05) is 0 Å². The Bertz CT molecular complexity index is 1000. The Morgan fingerprint density at radius 3 is 2.52 bits per heavy atom. The van der Waals surface area contributed by atoms with E-state index in [9.17, 15) is 22.4 Å². The Morgan fingerprint density at radius 2 is 1.90 bits per heavy atom. The standard InChI is InChI=1S/C18H14F4N4O3/c1-2-28-17(27)24-15-8-3-11(9-14(15)19)16-23-10-26(25-16)12-4-6-13(7-5-12)29-18(20,21)22/h3-10H,2H2,1H3,(H,24,27). The summed E-state index contributed by atoms with van der Waals surface area (Å²) in [5.41, 5.74) is 0.707. The molecule has 0 atom stereocenters. The number of ether oxygens (including phenoxy) is 2. The fraction of sp³-hybridized carbons (Fsp3) is 0.167. The normalized spacial score (nSPS) is 11.2. The average Bonchev–Trinajstić information content (AvgIpc) is 3.13. The van der Waals surface area contributed by atoms with Crippen molar-refractivity contribution in [1.82, 2.24) is 14.8 Å². The molecule has 152 valence electrons. The topological polar surface area (TPSA) is 78.3 Å². The number of anilines is 1. The van der Waals surface area contributed by atoms with Crippen LogP contribution in [0.5, 0.6) is 5.75 Å². The number of alkyl halides is 3. The summed E-state index contributed by atoms with van der Waals surface area (Å²) in [7, 11) is 0. The Labute approximate surface area is 161 Å². The van der Waals surface area contributed by atoms with E-state index in [0.717, 1.165) is 18.2 Å². The van der Waals surface area contributed by atoms with Crippen LogP contribution in [0, 0.1) is 5.82 Å². The van der Waals surface area contributed by atoms with Crippen LogP contribution in [-0.4, -0.2) is 33.8 Å². The first-order chi connectivity index (χ1) is 13.7. The van der Waals surface area contributed by atoms with Gasteiger partial charge in [0.1, 0.15) is 17.9 Å². The number of nitrogens with one attached hydrogen (secondary N) is 1. The van der Waals surface area contributed by atoms with E-state index in [1.807, 2.05) is 0 Å². The monoisotopic (exact) mass is 410 g/mol. The van der Waals surface area contributed by atoms with Crippen LogP contribution in [0.3, 0.4) is 0 Å². The van der Waals surface area contributed by atoms with Crippen LogP contribution >= 0.6 is 0 Å². The molecule has 0 unspecified atom stereocenters. The first kappa shape index (κ1) is 20.1. The van der Waals surface area contributed by atoms with Crippen molar-refractivity contribution in [1.29, 1.82) is 0 Å². The molecular formula is C18H14F4N4O3. The third kappa shape index (κ3) is 5.21. The summed E-state index contributed by atoms with van der Waals surface area (Å²) in [4.78, 5) is 15.4. The molecule has 0 spiro atoms. The molecule has 1 heterocycles. The summed E-state index contributed by atoms with van der Waals surface area (Å²) < 4.78 is 60.7. The van der Waals surface area contributed by atoms with Crippen LogP contribution in [0.4, 0.5) is 28.0 Å². The summed E-state index contributed by atoms with van der Waals surface area (Å²) >= 11 is 0. The molecule has 0 aliphatic carbocycles. The lowest BCUT2D eigenvalue weighted by Gasteiger charge is -2.09. The number of benzene rings is 2. The van der Waals surface area contributed by atoms with Gasteiger partial charge in [0.25, 0.3) is 0 Å². The third-order valence-electron chi connectivity index (χ3n) is 3.57. The SMILES string of the molecule is CCOC(=O)Nc1ccc(-c2ncn(-c3ccc(OC(F)(F)F)cc3)n2)cc1F. The number of aromatic nitrogens is 3. The molecule has 0 fully saturated rings. The Hall–Kier alpha value is -3.63. The van der Waals surface area contributed by atoms with E-state index < -0.39 is 18.3 Å². The van der Waals surface area contributed by atoms with Crippen LogP contribution in [-0.2, 0) is 4.74 Å². The number of amides is 1. The molecule has 7 nitrogen and oxygen atoms in total. The predicted molar refractivity (Wildman–Crippen MR) is 94.1 cm³/mol. The van der Waals surface area contributed by atoms with Crippen LogP contribution in [0.15, 0.2) is 48.8 Å². The summed E-state index contributed by atoms with van der Waals surface area (Å²) in [5, 5.41) is 6.45. The van der Waals surface area contributed by atoms with Crippen LogP contribution in [0.25, 0.3) is 17.1 Å². The molecule has 0 bridgehead atoms. The second-order valence-electron chi connectivity index (χ2n) is 5.59. The van der Waals surface area contributed by atoms with Gasteiger partial charge in [-0.2, -0.15) is 0 Å². The number of hydrogen-bond donors (Lipinski definition) is 1. The van der Waals surface area contributed by atoms with Crippen LogP contribution in [0.2, 0.25) is 0 Å². The molecule has 1 amide bonds. The highest BCUT2D eigenvalue weighted by molar-refractivity contribution is 5.85. The van der Waals surface area contributed by atoms with Gasteiger partial charge >= 0.3 is 12.5 Å². The van der Waals surface area contributed by atoms with E-state index >= 15 is 0 Å². The van der Waals surface area contributed by atoms with Crippen molar-refractivity contribution in [3.63, 3.8) is 0 Å². The van der Waals surface area contributed by atoms with Crippen LogP contribution in [0.1, 0.15) is 6.92 Å². The van der Waals surface area contributed by atoms with Crippen molar-refractivity contribution >= 4 is 11.8 Å². The average molecular weight is 410 g/mol. The van der Waals surface area contributed by atoms with E-state index in [0.29, 0.717) is 11.3 Å². The molecule has 0 aliphatic heterocycles. The second-order valence-corrected chi connectivity index (χ2v) is 5.59. The smallest absolute Gasteiger partial charge is 0.450 e. The van der Waals surface area contributed by atoms with E-state index in [2.05, 4.69) is 24.9 Å². The lowest BCUT2D eigenvalue weighted by atomic mass is 10.2. The Morgan fingerprint density at radius 1 is 1.17 bits per heavy atom. The summed E-state index contributed by atoms with van der Waals surface area (Å²) in [6.45, 7) is 1.77. The molecule has 3 aromatic rings. The second kappa shape index (κ2) is 8.17. The molecule has 1 aromatic heterocycles. The minimum absolute atomic E-state index is 0.0631. The number of carbonyl (C=O) groups excluding carboxylic acids is 1. The molecule has 1 N–H and O–H groups in total. The van der Waals surface area contributed by atoms with Crippen molar-refractivity contribution in [3.05, 3.63) is 54.6 Å². The Balaban J connectivity index is 1.76. The Kier molecular flexibility index (Phi) is 5.66. The van der Waals surface area contributed by atoms with Gasteiger partial charge in [-0.25, -0.2) is 18.9 Å². The highest BCUT2D eigenvalue weighted by Crippen LogP contribution is 2.25. The summed E-state index contributed by atoms with van der Waals surface area (Å²) in [6, 6.07) is 9.00. The molecule has 0 saturated carbocycles. The van der Waals surface area contributed by atoms with Gasteiger partial charge in [0.15, 0.2) is 5.82 Å². The maximum atomic E-state index is 14.2. The molecule has 11 heteroatoms. The van der Waals surface area contributed by atoms with E-state index in [1.54, 1.807) is 6.92 Å². The molecule has 0 aliphatic rings. The highest BCUT2D eigenvalue weighted by atomic mass is 19.4. The zero-order valence-electron chi connectivity index (χ0n) is 14.9. The summed E-state index contributed by atoms with van der Waals surface area (Å²) in [6.07, 6.45) is -4.22. The van der Waals surface area contributed by atoms with Gasteiger partial charge in [-0.15, -0.1) is 18.3 Å². The van der Waals surface area contributed by atoms with Crippen molar-refractivity contribution in [2.75, 3.05) is 11.9 Å². The maximum Gasteiger partial charge on any atom is 0.573 e. The molecule has 0 saturated heterocycles. The molecule has 3 rings (SSSR count). The molecule has 2 aromatic carbocycles. The quantitative estimate of drug-likeness (QED) is 0.625. The predicted octanol–water partition coefficient (Wildman–Crippen LogP) is 4.54. The van der Waals surface area contributed by atoms with E-state index in [1.165, 1.54) is 35.3 Å². The van der Waals surface area contributed by atoms with Crippen molar-refractivity contribution in [3.8, 4) is 22.8 Å². The maximum absolute atomic E-state index is 14.2. The number of halogens is 4. The first-order valence-corrected chi connectivity index (χ1v) is 8.26. The van der Waals surface area contributed by atoms with Crippen molar-refractivity contribution in [2.45, 2.75) is 13.3 Å². The van der Waals surface area contributed by atoms with Crippen molar-refractivity contribution < 1.29 is 31.8 Å². The third-order valence-corrected chi connectivity index (χ3v) is 3.57. The lowest BCUT2D eigenvalue weighted by molar-refractivity contribution is -0.274. The van der Waals surface area contributed by atoms with Crippen LogP contribution < -0.4 is 10.1 Å². The highest BCUT2D eigenvalue weighted by Gasteiger charge is 2.31. The number of carbonyl (C=O) groups is 1. The van der Waals surface area contributed by atoms with Gasteiger partial charge in [0.05, 0.1) is 18.0 Å². The zero-order chi connectivity index (χ0) is 21.0. The minimum Gasteiger partial charge on any atom is -0.450 e. The van der Waals surface area contributed by atoms with Gasteiger partial charge < -0.3 is 9.47 Å². The van der Waals surface area contributed by atoms with Gasteiger partial charge in [0.2, 0.25) is 0 Å². The lowest BCUT2D eigenvalue weighted by Crippen LogP contribution is -2.17. The zero-order valence-corrected chi connectivity index (χ0v) is 14.9. The van der Waals surface area contributed by atoms with Gasteiger partial charge in [0, 0.05) is 5.56 Å². The minimum atomic E-state index is -4.78. The van der Waals surface area contributed by atoms with Gasteiger partial charge in [-0.3, -0.25) is 5.32 Å². The van der Waals surface area contributed by atoms with E-state index in [4.69, 9.17) is 0 Å². The fourth-order valence-electron chi connectivity index (χ4n) is 2.35. The fourth-order valence-corrected chi connectivity index (χ4v) is 2.35. The molecule has 0 radical (unpaired) electrons. The molecule has 29 heavy (non-hydrogen) atoms. The van der Waals surface area contributed by atoms with Crippen molar-refractivity contribution in [2.24, 2.45) is 0 Å². The summed E-state index contributed by atoms with van der Waals surface area (Å²) in [5.74, 6) is -0.892.